The van der Waals surface area contributed by atoms with Crippen molar-refractivity contribution in [3.8, 4) is 0 Å². The lowest BCUT2D eigenvalue weighted by molar-refractivity contribution is 0.915. The molecule has 0 saturated heterocycles. The Bertz CT molecular complexity index is 363. The summed E-state index contributed by atoms with van der Waals surface area (Å²) >= 11 is 3.36. The Morgan fingerprint density at radius 3 is 2.64 bits per heavy atom. The number of hydrogen-bond donors (Lipinski definition) is 0. The molecule has 1 unspecified atom stereocenters. The summed E-state index contributed by atoms with van der Waals surface area (Å²) in [6.45, 7) is 1.84. The maximum absolute atomic E-state index is 8.19. The lowest BCUT2D eigenvalue weighted by atomic mass is 10.2. The van der Waals surface area contributed by atoms with Crippen LogP contribution in [0, 0.1) is 0 Å². The van der Waals surface area contributed by atoms with Gasteiger partial charge >= 0.3 is 0 Å². The summed E-state index contributed by atoms with van der Waals surface area (Å²) in [5.41, 5.74) is 9.28. The number of hydrogen-bond acceptors (Lipinski definition) is 1. The summed E-state index contributed by atoms with van der Waals surface area (Å²) in [5.74, 6) is 0. The van der Waals surface area contributed by atoms with Gasteiger partial charge in [0.25, 0.3) is 0 Å². The first kappa shape index (κ1) is 10.8. The van der Waals surface area contributed by atoms with E-state index in [4.69, 9.17) is 5.53 Å². The topological polar surface area (TPSA) is 48.8 Å². The zero-order valence-electron chi connectivity index (χ0n) is 7.76. The van der Waals surface area contributed by atoms with Gasteiger partial charge in [0.2, 0.25) is 0 Å². The molecule has 1 atom stereocenters. The van der Waals surface area contributed by atoms with Gasteiger partial charge in [-0.3, -0.25) is 0 Å². The molecular weight excluding hydrogens is 242 g/mol. The third kappa shape index (κ3) is 3.64. The van der Waals surface area contributed by atoms with Crippen LogP contribution in [0.2, 0.25) is 0 Å². The summed E-state index contributed by atoms with van der Waals surface area (Å²) < 4.78 is 1.05. The highest BCUT2D eigenvalue weighted by Gasteiger charge is 1.91. The van der Waals surface area contributed by atoms with Gasteiger partial charge in [0.05, 0.1) is 6.04 Å². The molecule has 0 N–H and O–H groups in total. The van der Waals surface area contributed by atoms with Gasteiger partial charge in [-0.15, -0.1) is 0 Å². The molecule has 0 amide bonds. The van der Waals surface area contributed by atoms with Crippen LogP contribution in [-0.4, -0.2) is 6.04 Å². The Morgan fingerprint density at radius 1 is 1.43 bits per heavy atom. The molecule has 3 nitrogen and oxygen atoms in total. The SMILES string of the molecule is CC(/C=C/c1ccc(Br)cc1)N=[N+]=[N-]. The van der Waals surface area contributed by atoms with Crippen LogP contribution in [0.4, 0.5) is 0 Å². The Morgan fingerprint density at radius 2 is 2.07 bits per heavy atom. The van der Waals surface area contributed by atoms with Crippen LogP contribution in [0.1, 0.15) is 12.5 Å². The van der Waals surface area contributed by atoms with Gasteiger partial charge in [-0.25, -0.2) is 0 Å². The predicted molar refractivity (Wildman–Crippen MR) is 61.8 cm³/mol. The Balaban J connectivity index is 2.68. The highest BCUT2D eigenvalue weighted by atomic mass is 79.9. The molecule has 0 aliphatic heterocycles. The van der Waals surface area contributed by atoms with E-state index in [1.54, 1.807) is 0 Å². The molecule has 1 rings (SSSR count). The molecule has 1 aromatic rings. The van der Waals surface area contributed by atoms with E-state index in [1.165, 1.54) is 0 Å². The zero-order valence-corrected chi connectivity index (χ0v) is 9.35. The predicted octanol–water partition coefficient (Wildman–Crippen LogP) is 4.16. The van der Waals surface area contributed by atoms with E-state index in [9.17, 15) is 0 Å². The van der Waals surface area contributed by atoms with E-state index in [2.05, 4.69) is 26.0 Å². The molecular formula is C10H10BrN3. The average Bonchev–Trinajstić information content (AvgIpc) is 2.17. The van der Waals surface area contributed by atoms with E-state index >= 15 is 0 Å². The van der Waals surface area contributed by atoms with Crippen LogP contribution in [0.15, 0.2) is 39.9 Å². The molecule has 14 heavy (non-hydrogen) atoms. The minimum absolute atomic E-state index is 0.108. The van der Waals surface area contributed by atoms with Gasteiger partial charge in [0, 0.05) is 9.38 Å². The summed E-state index contributed by atoms with van der Waals surface area (Å²) in [7, 11) is 0. The minimum Gasteiger partial charge on any atom is -0.0868 e. The number of nitrogens with zero attached hydrogens (tertiary/aromatic N) is 3. The molecule has 0 heterocycles. The fourth-order valence-corrected chi connectivity index (χ4v) is 1.21. The molecule has 0 fully saturated rings. The first-order valence-corrected chi connectivity index (χ1v) is 4.99. The smallest absolute Gasteiger partial charge is 0.0530 e. The second kappa shape index (κ2) is 5.47. The van der Waals surface area contributed by atoms with Crippen LogP contribution < -0.4 is 0 Å². The van der Waals surface area contributed by atoms with E-state index in [-0.39, 0.29) is 6.04 Å². The normalized spacial score (nSPS) is 12.4. The van der Waals surface area contributed by atoms with Crippen LogP contribution in [0.25, 0.3) is 16.5 Å². The molecule has 0 spiro atoms. The number of benzene rings is 1. The second-order valence-corrected chi connectivity index (χ2v) is 3.77. The van der Waals surface area contributed by atoms with Crippen molar-refractivity contribution in [2.45, 2.75) is 13.0 Å². The van der Waals surface area contributed by atoms with E-state index in [0.29, 0.717) is 0 Å². The highest BCUT2D eigenvalue weighted by Crippen LogP contribution is 2.11. The van der Waals surface area contributed by atoms with Gasteiger partial charge in [-0.1, -0.05) is 52.3 Å². The molecule has 0 aliphatic rings. The quantitative estimate of drug-likeness (QED) is 0.440. The van der Waals surface area contributed by atoms with Crippen molar-refractivity contribution in [1.29, 1.82) is 0 Å². The molecule has 0 bridgehead atoms. The van der Waals surface area contributed by atoms with Crippen LogP contribution in [0.5, 0.6) is 0 Å². The first-order chi connectivity index (χ1) is 6.72. The summed E-state index contributed by atoms with van der Waals surface area (Å²) in [6, 6.07) is 7.81. The van der Waals surface area contributed by atoms with E-state index in [0.717, 1.165) is 10.0 Å². The van der Waals surface area contributed by atoms with Crippen molar-refractivity contribution in [3.63, 3.8) is 0 Å². The second-order valence-electron chi connectivity index (χ2n) is 2.86. The molecule has 0 radical (unpaired) electrons. The first-order valence-electron chi connectivity index (χ1n) is 4.20. The lowest BCUT2D eigenvalue weighted by Gasteiger charge is -1.95. The number of halogens is 1. The van der Waals surface area contributed by atoms with Crippen molar-refractivity contribution in [1.82, 2.24) is 0 Å². The van der Waals surface area contributed by atoms with Crippen molar-refractivity contribution in [3.05, 3.63) is 50.8 Å². The van der Waals surface area contributed by atoms with E-state index < -0.39 is 0 Å². The summed E-state index contributed by atoms with van der Waals surface area (Å²) in [4.78, 5) is 2.73. The van der Waals surface area contributed by atoms with E-state index in [1.807, 2.05) is 43.3 Å². The summed E-state index contributed by atoms with van der Waals surface area (Å²) in [6.07, 6.45) is 3.80. The van der Waals surface area contributed by atoms with Crippen molar-refractivity contribution < 1.29 is 0 Å². The maximum atomic E-state index is 8.19. The van der Waals surface area contributed by atoms with Gasteiger partial charge in [-0.05, 0) is 23.2 Å². The van der Waals surface area contributed by atoms with Crippen LogP contribution in [-0.2, 0) is 0 Å². The lowest BCUT2D eigenvalue weighted by Crippen LogP contribution is -1.87. The highest BCUT2D eigenvalue weighted by molar-refractivity contribution is 9.10. The molecule has 1 aromatic carbocycles. The average molecular weight is 252 g/mol. The zero-order chi connectivity index (χ0) is 10.4. The van der Waals surface area contributed by atoms with Crippen molar-refractivity contribution >= 4 is 22.0 Å². The maximum Gasteiger partial charge on any atom is 0.0530 e. The number of rotatable bonds is 3. The Labute approximate surface area is 91.2 Å². The van der Waals surface area contributed by atoms with Crippen LogP contribution in [0.3, 0.4) is 0 Å². The number of azide groups is 1. The van der Waals surface area contributed by atoms with Crippen molar-refractivity contribution in [2.75, 3.05) is 0 Å². The third-order valence-electron chi connectivity index (χ3n) is 1.67. The van der Waals surface area contributed by atoms with Gasteiger partial charge in [0.15, 0.2) is 0 Å². The standard InChI is InChI=1S/C10H10BrN3/c1-8(13-14-12)2-3-9-4-6-10(11)7-5-9/h2-8H,1H3/b3-2+. The third-order valence-corrected chi connectivity index (χ3v) is 2.20. The molecule has 0 aliphatic carbocycles. The summed E-state index contributed by atoms with van der Waals surface area (Å²) in [5, 5.41) is 3.54. The van der Waals surface area contributed by atoms with Gasteiger partial charge < -0.3 is 0 Å². The minimum atomic E-state index is -0.108. The fraction of sp³-hybridized carbons (Fsp3) is 0.200. The Kier molecular flexibility index (Phi) is 4.23. The fourth-order valence-electron chi connectivity index (χ4n) is 0.944. The molecule has 72 valence electrons. The van der Waals surface area contributed by atoms with Crippen LogP contribution >= 0.6 is 15.9 Å². The van der Waals surface area contributed by atoms with Gasteiger partial charge in [0.1, 0.15) is 0 Å². The Hall–Kier alpha value is -1.25. The van der Waals surface area contributed by atoms with Crippen molar-refractivity contribution in [2.24, 2.45) is 5.11 Å². The monoisotopic (exact) mass is 251 g/mol. The largest absolute Gasteiger partial charge is 0.0868 e. The molecule has 4 heteroatoms. The van der Waals surface area contributed by atoms with Gasteiger partial charge in [-0.2, -0.15) is 0 Å². The molecule has 0 saturated carbocycles. The molecule has 0 aromatic heterocycles.